The van der Waals surface area contributed by atoms with Crippen LogP contribution >= 0.6 is 11.6 Å². The number of pyridine rings is 1. The molecule has 16 heavy (non-hydrogen) atoms. The van der Waals surface area contributed by atoms with E-state index in [9.17, 15) is 0 Å². The number of halogens is 1. The van der Waals surface area contributed by atoms with Gasteiger partial charge in [0.05, 0.1) is 17.3 Å². The molecule has 88 valence electrons. The van der Waals surface area contributed by atoms with Crippen molar-refractivity contribution in [1.82, 2.24) is 4.98 Å². The molecule has 1 aliphatic heterocycles. The van der Waals surface area contributed by atoms with E-state index in [4.69, 9.17) is 16.7 Å². The van der Waals surface area contributed by atoms with Crippen LogP contribution in [0.1, 0.15) is 26.0 Å². The molecule has 0 aromatic carbocycles. The highest BCUT2D eigenvalue weighted by Crippen LogP contribution is 2.32. The Bertz CT molecular complexity index is 393. The third-order valence-corrected chi connectivity index (χ3v) is 3.40. The molecule has 0 amide bonds. The lowest BCUT2D eigenvalue weighted by Crippen LogP contribution is -2.23. The predicted molar refractivity (Wildman–Crippen MR) is 65.8 cm³/mol. The Morgan fingerprint density at radius 3 is 2.81 bits per heavy atom. The molecule has 1 saturated heterocycles. The first-order valence-electron chi connectivity index (χ1n) is 5.53. The van der Waals surface area contributed by atoms with Gasteiger partial charge in [-0.3, -0.25) is 0 Å². The average Bonchev–Trinajstić information content (AvgIpc) is 2.59. The fourth-order valence-corrected chi connectivity index (χ4v) is 2.23. The zero-order valence-electron chi connectivity index (χ0n) is 9.70. The van der Waals surface area contributed by atoms with E-state index in [0.717, 1.165) is 18.9 Å². The third kappa shape index (κ3) is 2.30. The van der Waals surface area contributed by atoms with Gasteiger partial charge in [-0.2, -0.15) is 0 Å². The molecule has 1 fully saturated rings. The van der Waals surface area contributed by atoms with Crippen molar-refractivity contribution in [2.45, 2.75) is 26.9 Å². The van der Waals surface area contributed by atoms with Gasteiger partial charge in [0.25, 0.3) is 0 Å². The molecule has 0 atom stereocenters. The van der Waals surface area contributed by atoms with Gasteiger partial charge in [0, 0.05) is 13.1 Å². The lowest BCUT2D eigenvalue weighted by Gasteiger charge is -2.21. The van der Waals surface area contributed by atoms with Crippen LogP contribution in [0.2, 0.25) is 5.02 Å². The van der Waals surface area contributed by atoms with Gasteiger partial charge in [0.1, 0.15) is 5.82 Å². The summed E-state index contributed by atoms with van der Waals surface area (Å²) in [5, 5.41) is 9.66. The molecule has 1 N–H and O–H groups in total. The summed E-state index contributed by atoms with van der Waals surface area (Å²) in [7, 11) is 0. The molecule has 1 aromatic heterocycles. The summed E-state index contributed by atoms with van der Waals surface area (Å²) in [6.07, 6.45) is 1.17. The Balaban J connectivity index is 2.22. The average molecular weight is 241 g/mol. The third-order valence-electron chi connectivity index (χ3n) is 3.06. The Morgan fingerprint density at radius 2 is 2.25 bits per heavy atom. The van der Waals surface area contributed by atoms with Crippen LogP contribution in [0.15, 0.2) is 12.1 Å². The maximum Gasteiger partial charge on any atom is 0.129 e. The summed E-state index contributed by atoms with van der Waals surface area (Å²) in [6, 6.07) is 3.73. The standard InChI is InChI=1S/C12H17ClN2O/c1-12(2)5-6-15(8-12)11-4-3-9(13)10(7-16)14-11/h3-4,16H,5-8H2,1-2H3. The van der Waals surface area contributed by atoms with E-state index in [-0.39, 0.29) is 6.61 Å². The summed E-state index contributed by atoms with van der Waals surface area (Å²) in [4.78, 5) is 6.63. The van der Waals surface area contributed by atoms with Crippen molar-refractivity contribution in [3.05, 3.63) is 22.8 Å². The van der Waals surface area contributed by atoms with Crippen LogP contribution in [0.5, 0.6) is 0 Å². The minimum Gasteiger partial charge on any atom is -0.390 e. The van der Waals surface area contributed by atoms with E-state index >= 15 is 0 Å². The zero-order valence-corrected chi connectivity index (χ0v) is 10.5. The van der Waals surface area contributed by atoms with E-state index in [0.29, 0.717) is 16.1 Å². The van der Waals surface area contributed by atoms with Crippen molar-refractivity contribution in [2.75, 3.05) is 18.0 Å². The van der Waals surface area contributed by atoms with Gasteiger partial charge in [0.15, 0.2) is 0 Å². The molecule has 1 aromatic rings. The SMILES string of the molecule is CC1(C)CCN(c2ccc(Cl)c(CO)n2)C1. The second-order valence-electron chi connectivity index (χ2n) is 5.09. The number of rotatable bonds is 2. The number of aromatic nitrogens is 1. The van der Waals surface area contributed by atoms with Crippen LogP contribution < -0.4 is 4.90 Å². The monoisotopic (exact) mass is 240 g/mol. The first-order valence-corrected chi connectivity index (χ1v) is 5.91. The molecule has 0 unspecified atom stereocenters. The highest BCUT2D eigenvalue weighted by molar-refractivity contribution is 6.31. The minimum absolute atomic E-state index is 0.107. The molecule has 1 aliphatic rings. The number of aliphatic hydroxyl groups is 1. The van der Waals surface area contributed by atoms with E-state index in [1.165, 1.54) is 6.42 Å². The summed E-state index contributed by atoms with van der Waals surface area (Å²) >= 11 is 5.92. The topological polar surface area (TPSA) is 36.4 Å². The van der Waals surface area contributed by atoms with Crippen LogP contribution in [-0.2, 0) is 6.61 Å². The van der Waals surface area contributed by atoms with Crippen molar-refractivity contribution >= 4 is 17.4 Å². The second kappa shape index (κ2) is 4.22. The number of nitrogens with zero attached hydrogens (tertiary/aromatic N) is 2. The second-order valence-corrected chi connectivity index (χ2v) is 5.50. The minimum atomic E-state index is -0.107. The number of aliphatic hydroxyl groups excluding tert-OH is 1. The smallest absolute Gasteiger partial charge is 0.129 e. The number of hydrogen-bond donors (Lipinski definition) is 1. The fourth-order valence-electron chi connectivity index (χ4n) is 2.07. The van der Waals surface area contributed by atoms with E-state index in [1.54, 1.807) is 6.07 Å². The van der Waals surface area contributed by atoms with Gasteiger partial charge in [-0.1, -0.05) is 25.4 Å². The summed E-state index contributed by atoms with van der Waals surface area (Å²) in [5.74, 6) is 0.916. The van der Waals surface area contributed by atoms with E-state index in [2.05, 4.69) is 23.7 Å². The quantitative estimate of drug-likeness (QED) is 0.863. The van der Waals surface area contributed by atoms with Gasteiger partial charge in [-0.25, -0.2) is 4.98 Å². The van der Waals surface area contributed by atoms with Gasteiger partial charge in [-0.05, 0) is 24.0 Å². The van der Waals surface area contributed by atoms with Gasteiger partial charge in [0.2, 0.25) is 0 Å². The Kier molecular flexibility index (Phi) is 3.08. The van der Waals surface area contributed by atoms with Crippen molar-refractivity contribution < 1.29 is 5.11 Å². The molecule has 0 saturated carbocycles. The maximum absolute atomic E-state index is 9.12. The van der Waals surface area contributed by atoms with Crippen LogP contribution in [0.25, 0.3) is 0 Å². The highest BCUT2D eigenvalue weighted by atomic mass is 35.5. The first kappa shape index (κ1) is 11.7. The molecule has 4 heteroatoms. The van der Waals surface area contributed by atoms with Crippen LogP contribution in [-0.4, -0.2) is 23.2 Å². The molecular formula is C12H17ClN2O. The fraction of sp³-hybridized carbons (Fsp3) is 0.583. The van der Waals surface area contributed by atoms with Crippen LogP contribution in [0.4, 0.5) is 5.82 Å². The van der Waals surface area contributed by atoms with E-state index < -0.39 is 0 Å². The maximum atomic E-state index is 9.12. The first-order chi connectivity index (χ1) is 7.52. The lowest BCUT2D eigenvalue weighted by molar-refractivity contribution is 0.277. The van der Waals surface area contributed by atoms with Crippen molar-refractivity contribution in [1.29, 1.82) is 0 Å². The molecule has 2 heterocycles. The highest BCUT2D eigenvalue weighted by Gasteiger charge is 2.29. The van der Waals surface area contributed by atoms with Crippen LogP contribution in [0.3, 0.4) is 0 Å². The van der Waals surface area contributed by atoms with Gasteiger partial charge < -0.3 is 10.0 Å². The molecule has 2 rings (SSSR count). The largest absolute Gasteiger partial charge is 0.390 e. The number of hydrogen-bond acceptors (Lipinski definition) is 3. The summed E-state index contributed by atoms with van der Waals surface area (Å²) < 4.78 is 0. The van der Waals surface area contributed by atoms with Crippen molar-refractivity contribution in [2.24, 2.45) is 5.41 Å². The zero-order chi connectivity index (χ0) is 11.8. The Hall–Kier alpha value is -0.800. The molecule has 0 aliphatic carbocycles. The molecular weight excluding hydrogens is 224 g/mol. The predicted octanol–water partition coefficient (Wildman–Crippen LogP) is 2.46. The van der Waals surface area contributed by atoms with Crippen molar-refractivity contribution in [3.8, 4) is 0 Å². The summed E-state index contributed by atoms with van der Waals surface area (Å²) in [5.41, 5.74) is 0.907. The van der Waals surface area contributed by atoms with Crippen LogP contribution in [0, 0.1) is 5.41 Å². The lowest BCUT2D eigenvalue weighted by atomic mass is 9.93. The number of anilines is 1. The van der Waals surface area contributed by atoms with Crippen molar-refractivity contribution in [3.63, 3.8) is 0 Å². The molecule has 3 nitrogen and oxygen atoms in total. The normalized spacial score (nSPS) is 19.1. The van der Waals surface area contributed by atoms with Gasteiger partial charge >= 0.3 is 0 Å². The molecule has 0 spiro atoms. The Labute approximate surface area is 101 Å². The summed E-state index contributed by atoms with van der Waals surface area (Å²) in [6.45, 7) is 6.44. The van der Waals surface area contributed by atoms with E-state index in [1.807, 2.05) is 6.07 Å². The van der Waals surface area contributed by atoms with Gasteiger partial charge in [-0.15, -0.1) is 0 Å². The molecule has 0 bridgehead atoms. The molecule has 0 radical (unpaired) electrons. The Morgan fingerprint density at radius 1 is 1.50 bits per heavy atom.